The molecule has 0 atom stereocenters. The highest BCUT2D eigenvalue weighted by Gasteiger charge is 2.50. The minimum Gasteiger partial charge on any atom is -0.402 e. The molecule has 6 heteroatoms. The van der Waals surface area contributed by atoms with Crippen molar-refractivity contribution in [3.63, 3.8) is 0 Å². The number of thiol groups is 1. The van der Waals surface area contributed by atoms with E-state index >= 15 is 0 Å². The molecule has 0 aliphatic carbocycles. The highest BCUT2D eigenvalue weighted by atomic mass is 32.1. The van der Waals surface area contributed by atoms with Crippen LogP contribution in [0.5, 0.6) is 0 Å². The zero-order chi connectivity index (χ0) is 21.8. The Kier molecular flexibility index (Phi) is 7.13. The van der Waals surface area contributed by atoms with Crippen LogP contribution in [0.1, 0.15) is 39.1 Å². The van der Waals surface area contributed by atoms with E-state index in [2.05, 4.69) is 92.6 Å². The van der Waals surface area contributed by atoms with Gasteiger partial charge in [-0.15, -0.1) is 0 Å². The largest absolute Gasteiger partial charge is 0.402 e. The monoisotopic (exact) mass is 440 g/mol. The van der Waals surface area contributed by atoms with Gasteiger partial charge in [-0.3, -0.25) is 4.68 Å². The van der Waals surface area contributed by atoms with Gasteiger partial charge in [0.2, 0.25) is 0 Å². The molecule has 1 aromatic heterocycles. The van der Waals surface area contributed by atoms with E-state index < -0.39 is 8.32 Å². The quantitative estimate of drug-likeness (QED) is 0.329. The standard InChI is InChI=1S/C24H32N2O2SSi/c1-19(27)29-18-20-16-21(26(5)25-20)17-28-30(24(2,3)4,22-12-8-6-9-13-22)23-14-10-7-11-15-23/h6-16,27,29H,17-18H2,1-5H3. The van der Waals surface area contributed by atoms with Crippen LogP contribution >= 0.6 is 11.4 Å². The lowest BCUT2D eigenvalue weighted by molar-refractivity contribution is 0.276. The third-order valence-electron chi connectivity index (χ3n) is 5.35. The average molecular weight is 441 g/mol. The molecule has 0 spiro atoms. The van der Waals surface area contributed by atoms with Gasteiger partial charge in [-0.25, -0.2) is 0 Å². The molecule has 0 aliphatic heterocycles. The van der Waals surface area contributed by atoms with Crippen molar-refractivity contribution in [1.82, 2.24) is 9.78 Å². The summed E-state index contributed by atoms with van der Waals surface area (Å²) in [6.45, 7) is 9.07. The summed E-state index contributed by atoms with van der Waals surface area (Å²) >= 11 is 0.885. The first-order valence-corrected chi connectivity index (χ1v) is 13.2. The number of aliphatic hydroxyl groups excluding tert-OH is 1. The van der Waals surface area contributed by atoms with Crippen molar-refractivity contribution in [2.45, 2.75) is 45.1 Å². The van der Waals surface area contributed by atoms with Gasteiger partial charge in [0.25, 0.3) is 8.32 Å². The lowest BCUT2D eigenvalue weighted by atomic mass is 10.2. The number of nitrogens with zero attached hydrogens (tertiary/aromatic N) is 2. The summed E-state index contributed by atoms with van der Waals surface area (Å²) in [6.07, 6.45) is 0. The molecule has 3 aromatic rings. The number of hydrogen-bond acceptors (Lipinski definition) is 2. The van der Waals surface area contributed by atoms with E-state index in [4.69, 9.17) is 4.43 Å². The summed E-state index contributed by atoms with van der Waals surface area (Å²) in [5, 5.41) is 17.0. The van der Waals surface area contributed by atoms with Gasteiger partial charge in [0.15, 0.2) is 0 Å². The predicted molar refractivity (Wildman–Crippen MR) is 132 cm³/mol. The molecule has 4 nitrogen and oxygen atoms in total. The predicted octanol–water partition coefficient (Wildman–Crippen LogP) is 4.17. The van der Waals surface area contributed by atoms with Crippen LogP contribution in [0, 0.1) is 0 Å². The molecule has 0 aliphatic rings. The van der Waals surface area contributed by atoms with Crippen molar-refractivity contribution in [2.24, 2.45) is 7.05 Å². The van der Waals surface area contributed by atoms with Crippen LogP contribution in [0.4, 0.5) is 0 Å². The van der Waals surface area contributed by atoms with Crippen molar-refractivity contribution in [3.05, 3.63) is 78.1 Å². The zero-order valence-electron chi connectivity index (χ0n) is 18.5. The molecular weight excluding hydrogens is 408 g/mol. The van der Waals surface area contributed by atoms with E-state index in [1.165, 1.54) is 10.4 Å². The number of hydrogen-bond donors (Lipinski definition) is 2. The summed E-state index contributed by atoms with van der Waals surface area (Å²) in [5.41, 5.74) is 2.01. The highest BCUT2D eigenvalue weighted by Crippen LogP contribution is 2.37. The first-order valence-electron chi connectivity index (χ1n) is 10.2. The first-order chi connectivity index (χ1) is 14.2. The van der Waals surface area contributed by atoms with Gasteiger partial charge in [0.05, 0.1) is 23.0 Å². The van der Waals surface area contributed by atoms with Crippen molar-refractivity contribution >= 4 is 35.1 Å². The summed E-state index contributed by atoms with van der Waals surface area (Å²) < 4.78 is 8.89. The molecule has 0 unspecified atom stereocenters. The van der Waals surface area contributed by atoms with Gasteiger partial charge in [-0.1, -0.05) is 81.4 Å². The van der Waals surface area contributed by atoms with Gasteiger partial charge in [0, 0.05) is 12.8 Å². The van der Waals surface area contributed by atoms with E-state index in [0.29, 0.717) is 17.4 Å². The number of rotatable bonds is 7. The molecule has 0 amide bonds. The van der Waals surface area contributed by atoms with Gasteiger partial charge >= 0.3 is 0 Å². The molecule has 30 heavy (non-hydrogen) atoms. The molecule has 3 rings (SSSR count). The van der Waals surface area contributed by atoms with Gasteiger partial charge in [-0.2, -0.15) is 16.4 Å². The molecule has 2 aromatic carbocycles. The summed E-state index contributed by atoms with van der Waals surface area (Å²) in [4.78, 5) is 0. The molecular formula is C24H32N2O2SSi. The van der Waals surface area contributed by atoms with Crippen molar-refractivity contribution in [1.29, 1.82) is 0 Å². The van der Waals surface area contributed by atoms with Crippen molar-refractivity contribution in [2.75, 3.05) is 0 Å². The van der Waals surface area contributed by atoms with Crippen LogP contribution in [-0.4, -0.2) is 28.3 Å². The molecule has 1 N–H and O–H groups in total. The molecule has 0 bridgehead atoms. The fraction of sp³-hybridized carbons (Fsp3) is 0.333. The highest BCUT2D eigenvalue weighted by molar-refractivity contribution is 7.97. The molecule has 0 saturated heterocycles. The summed E-state index contributed by atoms with van der Waals surface area (Å²) in [6, 6.07) is 23.4. The number of benzene rings is 2. The fourth-order valence-corrected chi connectivity index (χ4v) is 8.99. The minimum atomic E-state index is -2.57. The van der Waals surface area contributed by atoms with Crippen LogP contribution < -0.4 is 10.4 Å². The van der Waals surface area contributed by atoms with Gasteiger partial charge < -0.3 is 9.53 Å². The van der Waals surface area contributed by atoms with Crippen molar-refractivity contribution < 1.29 is 9.53 Å². The summed E-state index contributed by atoms with van der Waals surface area (Å²) in [7, 11) is -0.611. The van der Waals surface area contributed by atoms with E-state index in [1.807, 2.05) is 11.7 Å². The summed E-state index contributed by atoms with van der Waals surface area (Å²) in [5.74, 6) is 0.704. The Morgan fingerprint density at radius 3 is 2.03 bits per heavy atom. The van der Waals surface area contributed by atoms with Crippen molar-refractivity contribution in [3.8, 4) is 0 Å². The van der Waals surface area contributed by atoms with Crippen LogP contribution in [0.25, 0.3) is 0 Å². The second-order valence-corrected chi connectivity index (χ2v) is 14.2. The van der Waals surface area contributed by atoms with Crippen LogP contribution in [0.15, 0.2) is 66.7 Å². The van der Waals surface area contributed by atoms with Crippen LogP contribution in [0.2, 0.25) is 5.04 Å². The van der Waals surface area contributed by atoms with Crippen LogP contribution in [0.3, 0.4) is 0 Å². The van der Waals surface area contributed by atoms with Gasteiger partial charge in [0.1, 0.15) is 0 Å². The Balaban J connectivity index is 2.02. The Morgan fingerprint density at radius 1 is 1.03 bits per heavy atom. The van der Waals surface area contributed by atoms with Crippen LogP contribution in [-0.2, 0) is 23.8 Å². The van der Waals surface area contributed by atoms with E-state index in [9.17, 15) is 5.11 Å². The van der Waals surface area contributed by atoms with Gasteiger partial charge in [-0.05, 0) is 28.4 Å². The lowest BCUT2D eigenvalue weighted by Crippen LogP contribution is -2.66. The second-order valence-electron chi connectivity index (χ2n) is 8.57. The minimum absolute atomic E-state index is 0.0568. The first kappa shape index (κ1) is 22.7. The maximum absolute atomic E-state index is 9.49. The fourth-order valence-electron chi connectivity index (χ4n) is 3.92. The number of aliphatic hydroxyl groups is 1. The zero-order valence-corrected chi connectivity index (χ0v) is 20.4. The third-order valence-corrected chi connectivity index (χ3v) is 11.3. The Bertz CT molecular complexity index is 952. The SMILES string of the molecule is CC(O)=[SH]Cc1cc(CO[Si](c2ccccc2)(c2ccccc2)C(C)(C)C)n(C)n1. The molecule has 1 heterocycles. The van der Waals surface area contributed by atoms with E-state index in [-0.39, 0.29) is 5.04 Å². The smallest absolute Gasteiger partial charge is 0.261 e. The number of aromatic nitrogens is 2. The second kappa shape index (κ2) is 9.43. The topological polar surface area (TPSA) is 47.3 Å². The Hall–Kier alpha value is -1.99. The maximum Gasteiger partial charge on any atom is 0.261 e. The molecule has 0 fully saturated rings. The lowest BCUT2D eigenvalue weighted by Gasteiger charge is -2.43. The normalized spacial score (nSPS) is 13.2. The van der Waals surface area contributed by atoms with E-state index in [1.54, 1.807) is 6.92 Å². The third kappa shape index (κ3) is 4.83. The maximum atomic E-state index is 9.49. The molecule has 160 valence electrons. The average Bonchev–Trinajstić information content (AvgIpc) is 3.07. The Morgan fingerprint density at radius 2 is 1.57 bits per heavy atom. The Labute approximate surface area is 184 Å². The molecule has 0 saturated carbocycles. The number of aryl methyl sites for hydroxylation is 1. The van der Waals surface area contributed by atoms with E-state index in [0.717, 1.165) is 22.7 Å². The molecule has 0 radical (unpaired) electrons.